The Kier molecular flexibility index (Phi) is 28.5. The standard InChI is InChI=1S/C19H37N3O2S4.C14H27NOS2/c1-3-16-13-15(2)14-17(16)18(23)5-4-9-25-27-11-7-21-19(24)22-8-12-28-26-10-6-20;1-3-12-9-11(2)10-13(12)14(16)5-4-7-17-18-8-6-15/h15-17H,3-14,20H2,1-2H3,(H2,21,22,24);11-13H,3-10,15H2,1-2H3/t15-,16-,17?;11-,12-,13?/m11/s1. The van der Waals surface area contributed by atoms with Gasteiger partial charge in [0.25, 0.3) is 0 Å². The summed E-state index contributed by atoms with van der Waals surface area (Å²) >= 11 is 0. The number of rotatable bonds is 25. The zero-order valence-corrected chi connectivity index (χ0v) is 33.8. The van der Waals surface area contributed by atoms with E-state index in [0.717, 1.165) is 91.9 Å². The number of amides is 2. The predicted molar refractivity (Wildman–Crippen MR) is 214 cm³/mol. The molecule has 0 aliphatic heterocycles. The molecule has 0 bridgehead atoms. The van der Waals surface area contributed by atoms with Crippen LogP contribution >= 0.6 is 64.8 Å². The van der Waals surface area contributed by atoms with Crippen LogP contribution < -0.4 is 22.1 Å². The molecule has 0 aromatic heterocycles. The van der Waals surface area contributed by atoms with Crippen LogP contribution in [0, 0.1) is 35.5 Å². The van der Waals surface area contributed by atoms with Gasteiger partial charge in [-0.25, -0.2) is 4.79 Å². The molecule has 0 heterocycles. The van der Waals surface area contributed by atoms with Crippen LogP contribution in [0.3, 0.4) is 0 Å². The Labute approximate surface area is 305 Å². The molecule has 13 heteroatoms. The van der Waals surface area contributed by atoms with E-state index in [2.05, 4.69) is 38.3 Å². The van der Waals surface area contributed by atoms with E-state index in [1.165, 1.54) is 19.3 Å². The van der Waals surface area contributed by atoms with Crippen molar-refractivity contribution in [3.8, 4) is 0 Å². The largest absolute Gasteiger partial charge is 0.337 e. The summed E-state index contributed by atoms with van der Waals surface area (Å²) in [5, 5.41) is 5.72. The molecule has 0 saturated heterocycles. The number of carbonyl (C=O) groups excluding carboxylic acids is 3. The highest BCUT2D eigenvalue weighted by molar-refractivity contribution is 8.77. The van der Waals surface area contributed by atoms with E-state index in [1.54, 1.807) is 43.2 Å². The normalized spacial score (nSPS) is 24.0. The number of Topliss-reactive ketones (excluding diaryl/α,β-unsaturated/α-hetero) is 2. The molecule has 46 heavy (non-hydrogen) atoms. The molecule has 2 aliphatic rings. The number of hydrogen-bond acceptors (Lipinski definition) is 11. The fourth-order valence-corrected chi connectivity index (χ4v) is 12.1. The third kappa shape index (κ3) is 21.0. The van der Waals surface area contributed by atoms with Crippen molar-refractivity contribution in [3.63, 3.8) is 0 Å². The first-order valence-electron chi connectivity index (χ1n) is 17.5. The van der Waals surface area contributed by atoms with E-state index >= 15 is 0 Å². The highest BCUT2D eigenvalue weighted by Crippen LogP contribution is 2.40. The van der Waals surface area contributed by atoms with Crippen molar-refractivity contribution in [1.29, 1.82) is 0 Å². The molecule has 0 aromatic rings. The van der Waals surface area contributed by atoms with Crippen LogP contribution in [-0.4, -0.2) is 78.3 Å². The second kappa shape index (κ2) is 29.4. The van der Waals surface area contributed by atoms with Gasteiger partial charge in [0.2, 0.25) is 0 Å². The maximum atomic E-state index is 12.5. The minimum atomic E-state index is -0.100. The number of ketones is 2. The lowest BCUT2D eigenvalue weighted by Crippen LogP contribution is -2.37. The molecule has 6 N–H and O–H groups in total. The number of hydrogen-bond donors (Lipinski definition) is 4. The molecular formula is C33H64N4O3S6. The number of carbonyl (C=O) groups is 3. The van der Waals surface area contributed by atoms with Gasteiger partial charge in [-0.05, 0) is 62.2 Å². The molecule has 2 aliphatic carbocycles. The van der Waals surface area contributed by atoms with Crippen LogP contribution in [0.5, 0.6) is 0 Å². The third-order valence-corrected chi connectivity index (χ3v) is 16.1. The Bertz CT molecular complexity index is 815. The van der Waals surface area contributed by atoms with Crippen molar-refractivity contribution in [2.45, 2.75) is 91.9 Å². The minimum Gasteiger partial charge on any atom is -0.337 e. The van der Waals surface area contributed by atoms with Crippen molar-refractivity contribution in [2.24, 2.45) is 47.0 Å². The molecule has 2 saturated carbocycles. The van der Waals surface area contributed by atoms with Gasteiger partial charge in [0, 0.05) is 85.4 Å². The fraction of sp³-hybridized carbons (Fsp3) is 0.909. The molecule has 2 fully saturated rings. The molecule has 6 atom stereocenters. The summed E-state index contributed by atoms with van der Waals surface area (Å²) in [4.78, 5) is 36.3. The average Bonchev–Trinajstić information content (AvgIpc) is 3.63. The molecule has 2 amide bonds. The number of nitrogens with two attached hydrogens (primary N) is 2. The lowest BCUT2D eigenvalue weighted by atomic mass is 9.88. The Hall–Kier alpha value is 0.630. The van der Waals surface area contributed by atoms with Crippen molar-refractivity contribution < 1.29 is 14.4 Å². The molecule has 2 unspecified atom stereocenters. The molecule has 2 rings (SSSR count). The van der Waals surface area contributed by atoms with E-state index in [0.29, 0.717) is 60.8 Å². The van der Waals surface area contributed by atoms with Crippen LogP contribution in [0.4, 0.5) is 4.79 Å². The van der Waals surface area contributed by atoms with Crippen LogP contribution in [0.25, 0.3) is 0 Å². The molecule has 0 radical (unpaired) electrons. The van der Waals surface area contributed by atoms with Gasteiger partial charge in [-0.15, -0.1) is 0 Å². The van der Waals surface area contributed by atoms with E-state index in [4.69, 9.17) is 11.5 Å². The van der Waals surface area contributed by atoms with Crippen molar-refractivity contribution >= 4 is 82.4 Å². The lowest BCUT2D eigenvalue weighted by Gasteiger charge is -2.16. The van der Waals surface area contributed by atoms with Gasteiger partial charge in [0.1, 0.15) is 11.6 Å². The zero-order valence-electron chi connectivity index (χ0n) is 28.9. The first-order chi connectivity index (χ1) is 22.3. The van der Waals surface area contributed by atoms with Crippen molar-refractivity contribution in [1.82, 2.24) is 10.6 Å². The lowest BCUT2D eigenvalue weighted by molar-refractivity contribution is -0.124. The quantitative estimate of drug-likeness (QED) is 0.0532. The molecule has 270 valence electrons. The van der Waals surface area contributed by atoms with E-state index in [-0.39, 0.29) is 6.03 Å². The summed E-state index contributed by atoms with van der Waals surface area (Å²) < 4.78 is 0. The Morgan fingerprint density at radius 3 is 1.33 bits per heavy atom. The summed E-state index contributed by atoms with van der Waals surface area (Å²) in [5.41, 5.74) is 10.8. The van der Waals surface area contributed by atoms with E-state index < -0.39 is 0 Å². The third-order valence-electron chi connectivity index (χ3n) is 8.63. The van der Waals surface area contributed by atoms with Crippen molar-refractivity contribution in [2.75, 3.05) is 60.7 Å². The van der Waals surface area contributed by atoms with Crippen LogP contribution in [0.15, 0.2) is 0 Å². The number of urea groups is 1. The fourth-order valence-electron chi connectivity index (χ4n) is 6.40. The van der Waals surface area contributed by atoms with Crippen LogP contribution in [-0.2, 0) is 9.59 Å². The summed E-state index contributed by atoms with van der Waals surface area (Å²) in [6.07, 6.45) is 10.5. The van der Waals surface area contributed by atoms with Gasteiger partial charge in [-0.2, -0.15) is 0 Å². The summed E-state index contributed by atoms with van der Waals surface area (Å²) in [7, 11) is 10.7. The summed E-state index contributed by atoms with van der Waals surface area (Å²) in [6, 6.07) is -0.100. The van der Waals surface area contributed by atoms with E-state index in [1.807, 2.05) is 21.6 Å². The Balaban J connectivity index is 0.000000506. The van der Waals surface area contributed by atoms with E-state index in [9.17, 15) is 14.4 Å². The highest BCUT2D eigenvalue weighted by atomic mass is 33.1. The second-order valence-electron chi connectivity index (χ2n) is 12.5. The summed E-state index contributed by atoms with van der Waals surface area (Å²) in [5.74, 6) is 10.2. The predicted octanol–water partition coefficient (Wildman–Crippen LogP) is 8.18. The smallest absolute Gasteiger partial charge is 0.314 e. The maximum absolute atomic E-state index is 12.5. The Morgan fingerprint density at radius 2 is 0.957 bits per heavy atom. The molecule has 0 aromatic carbocycles. The zero-order chi connectivity index (χ0) is 34.0. The van der Waals surface area contributed by atoms with Gasteiger partial charge in [-0.3, -0.25) is 9.59 Å². The molecule has 0 spiro atoms. The summed E-state index contributed by atoms with van der Waals surface area (Å²) in [6.45, 7) is 11.8. The van der Waals surface area contributed by atoms with Gasteiger partial charge in [0.05, 0.1) is 0 Å². The minimum absolute atomic E-state index is 0.100. The number of nitrogens with one attached hydrogen (secondary N) is 2. The van der Waals surface area contributed by atoms with Crippen LogP contribution in [0.2, 0.25) is 0 Å². The van der Waals surface area contributed by atoms with Gasteiger partial charge in [-0.1, -0.05) is 105 Å². The monoisotopic (exact) mass is 756 g/mol. The van der Waals surface area contributed by atoms with Gasteiger partial charge >= 0.3 is 6.03 Å². The SMILES string of the molecule is CC[C@@H]1C[C@@H](C)CC1C(=O)CCCSSCCN.CC[C@@H]1C[C@@H](C)CC1C(=O)CCCSSCCNC(=O)NCCSSCCN. The molecule has 7 nitrogen and oxygen atoms in total. The molecular weight excluding hydrogens is 693 g/mol. The van der Waals surface area contributed by atoms with Crippen LogP contribution in [0.1, 0.15) is 91.9 Å². The first kappa shape index (κ1) is 44.7. The van der Waals surface area contributed by atoms with Crippen molar-refractivity contribution in [3.05, 3.63) is 0 Å². The highest BCUT2D eigenvalue weighted by Gasteiger charge is 2.35. The maximum Gasteiger partial charge on any atom is 0.314 e. The average molecular weight is 757 g/mol. The topological polar surface area (TPSA) is 127 Å². The van der Waals surface area contributed by atoms with Gasteiger partial charge in [0.15, 0.2) is 0 Å². The van der Waals surface area contributed by atoms with Gasteiger partial charge < -0.3 is 22.1 Å². The second-order valence-corrected chi connectivity index (χ2v) is 20.6. The first-order valence-corrected chi connectivity index (χ1v) is 24.9. The Morgan fingerprint density at radius 1 is 0.587 bits per heavy atom.